The fourth-order valence-corrected chi connectivity index (χ4v) is 3.60. The van der Waals surface area contributed by atoms with E-state index < -0.39 is 17.8 Å². The molecule has 3 rings (SSSR count). The number of benzene rings is 1. The van der Waals surface area contributed by atoms with E-state index in [0.717, 1.165) is 17.1 Å². The van der Waals surface area contributed by atoms with Crippen molar-refractivity contribution >= 4 is 29.0 Å². The number of H-pyrrole nitrogens is 1. The summed E-state index contributed by atoms with van der Waals surface area (Å²) in [4.78, 5) is 23.4. The van der Waals surface area contributed by atoms with Crippen LogP contribution in [0.1, 0.15) is 34.0 Å². The molecule has 10 heteroatoms. The van der Waals surface area contributed by atoms with Crippen molar-refractivity contribution in [2.24, 2.45) is 0 Å². The third-order valence-electron chi connectivity index (χ3n) is 3.89. The molecule has 1 aliphatic rings. The van der Waals surface area contributed by atoms with E-state index in [2.05, 4.69) is 14.4 Å². The maximum atomic E-state index is 12.3. The maximum absolute atomic E-state index is 12.3. The second-order valence-corrected chi connectivity index (χ2v) is 6.83. The standard InChI is InChI=1S/C15H12ClF3N2O3S/c16-11-12(25-21-13(11)22)14(23)20-9-4-8(5-9)7-2-1-3-10(6-7)24-15(17,18)19/h1-3,6,8-9H,4-5H2,(H,20,23)(H,21,22). The number of ether oxygens (including phenoxy) is 1. The van der Waals surface area contributed by atoms with E-state index in [1.165, 1.54) is 18.2 Å². The number of nitrogens with one attached hydrogen (secondary N) is 2. The first-order valence-corrected chi connectivity index (χ1v) is 8.46. The Morgan fingerprint density at radius 1 is 1.36 bits per heavy atom. The highest BCUT2D eigenvalue weighted by atomic mass is 35.5. The number of hydrogen-bond acceptors (Lipinski definition) is 4. The van der Waals surface area contributed by atoms with Crippen molar-refractivity contribution in [1.29, 1.82) is 0 Å². The minimum atomic E-state index is -4.73. The molecule has 1 aliphatic carbocycles. The van der Waals surface area contributed by atoms with Gasteiger partial charge in [-0.25, -0.2) is 0 Å². The predicted octanol–water partition coefficient (Wildman–Crippen LogP) is 3.66. The van der Waals surface area contributed by atoms with Crippen molar-refractivity contribution in [2.75, 3.05) is 0 Å². The first-order valence-electron chi connectivity index (χ1n) is 7.26. The fraction of sp³-hybridized carbons (Fsp3) is 0.333. The summed E-state index contributed by atoms with van der Waals surface area (Å²) in [6, 6.07) is 5.69. The number of carbonyl (C=O) groups is 1. The van der Waals surface area contributed by atoms with Gasteiger partial charge in [0.25, 0.3) is 11.5 Å². The molecule has 5 nitrogen and oxygen atoms in total. The quantitative estimate of drug-likeness (QED) is 0.834. The Morgan fingerprint density at radius 3 is 2.68 bits per heavy atom. The van der Waals surface area contributed by atoms with Crippen LogP contribution in [-0.2, 0) is 0 Å². The molecule has 0 radical (unpaired) electrons. The highest BCUT2D eigenvalue weighted by molar-refractivity contribution is 7.08. The Labute approximate surface area is 148 Å². The van der Waals surface area contributed by atoms with Gasteiger partial charge in [-0.2, -0.15) is 0 Å². The average molecular weight is 393 g/mol. The molecule has 1 aromatic heterocycles. The molecular weight excluding hydrogens is 381 g/mol. The molecule has 134 valence electrons. The predicted molar refractivity (Wildman–Crippen MR) is 86.3 cm³/mol. The molecule has 0 aliphatic heterocycles. The molecular formula is C15H12ClF3N2O3S. The monoisotopic (exact) mass is 392 g/mol. The molecule has 1 heterocycles. The molecule has 0 saturated heterocycles. The van der Waals surface area contributed by atoms with Crippen molar-refractivity contribution in [3.63, 3.8) is 0 Å². The van der Waals surface area contributed by atoms with Gasteiger partial charge in [0, 0.05) is 6.04 Å². The summed E-state index contributed by atoms with van der Waals surface area (Å²) in [6.07, 6.45) is -3.57. The molecule has 1 amide bonds. The lowest BCUT2D eigenvalue weighted by molar-refractivity contribution is -0.274. The Balaban J connectivity index is 1.57. The Morgan fingerprint density at radius 2 is 2.08 bits per heavy atom. The van der Waals surface area contributed by atoms with Gasteiger partial charge in [-0.15, -0.1) is 13.2 Å². The van der Waals surface area contributed by atoms with Crippen LogP contribution < -0.4 is 15.6 Å². The van der Waals surface area contributed by atoms with Crippen LogP contribution in [0.25, 0.3) is 0 Å². The Bertz CT molecular complexity index is 843. The molecule has 2 N–H and O–H groups in total. The highest BCUT2D eigenvalue weighted by Gasteiger charge is 2.34. The van der Waals surface area contributed by atoms with Crippen molar-refractivity contribution in [2.45, 2.75) is 31.2 Å². The largest absolute Gasteiger partial charge is 0.573 e. The number of alkyl halides is 3. The topological polar surface area (TPSA) is 71.2 Å². The molecule has 0 spiro atoms. The van der Waals surface area contributed by atoms with Crippen LogP contribution in [0.15, 0.2) is 29.1 Å². The lowest BCUT2D eigenvalue weighted by Crippen LogP contribution is -2.43. The Hall–Kier alpha value is -2.00. The van der Waals surface area contributed by atoms with E-state index in [1.54, 1.807) is 6.07 Å². The molecule has 25 heavy (non-hydrogen) atoms. The molecule has 1 saturated carbocycles. The van der Waals surface area contributed by atoms with Crippen LogP contribution >= 0.6 is 23.1 Å². The number of aromatic amines is 1. The minimum absolute atomic E-state index is 0.0301. The Kier molecular flexibility index (Phi) is 4.79. The second-order valence-electron chi connectivity index (χ2n) is 5.64. The molecule has 0 bridgehead atoms. The second kappa shape index (κ2) is 6.72. The average Bonchev–Trinajstić information content (AvgIpc) is 2.80. The number of rotatable bonds is 4. The summed E-state index contributed by atoms with van der Waals surface area (Å²) < 4.78 is 43.1. The van der Waals surface area contributed by atoms with Crippen molar-refractivity contribution < 1.29 is 22.7 Å². The molecule has 0 unspecified atom stereocenters. The summed E-state index contributed by atoms with van der Waals surface area (Å²) in [5, 5.41) is 2.61. The molecule has 1 aromatic carbocycles. The van der Waals surface area contributed by atoms with Crippen molar-refractivity contribution in [1.82, 2.24) is 9.69 Å². The number of amides is 1. The van der Waals surface area contributed by atoms with Gasteiger partial charge in [-0.1, -0.05) is 35.3 Å². The third kappa shape index (κ3) is 4.16. The van der Waals surface area contributed by atoms with Gasteiger partial charge in [0.05, 0.1) is 0 Å². The zero-order valence-corrected chi connectivity index (χ0v) is 14.1. The zero-order valence-electron chi connectivity index (χ0n) is 12.5. The van der Waals surface area contributed by atoms with Gasteiger partial charge >= 0.3 is 6.36 Å². The van der Waals surface area contributed by atoms with Crippen LogP contribution in [0.5, 0.6) is 5.75 Å². The third-order valence-corrected chi connectivity index (χ3v) is 5.24. The van der Waals surface area contributed by atoms with E-state index >= 15 is 0 Å². The van der Waals surface area contributed by atoms with Gasteiger partial charge in [0.15, 0.2) is 0 Å². The maximum Gasteiger partial charge on any atom is 0.573 e. The van der Waals surface area contributed by atoms with Crippen LogP contribution in [0.3, 0.4) is 0 Å². The van der Waals surface area contributed by atoms with Crippen molar-refractivity contribution in [3.05, 3.63) is 50.1 Å². The zero-order chi connectivity index (χ0) is 18.2. The minimum Gasteiger partial charge on any atom is -0.406 e. The van der Waals surface area contributed by atoms with Crippen molar-refractivity contribution in [3.8, 4) is 5.75 Å². The molecule has 0 atom stereocenters. The molecule has 2 aromatic rings. The van der Waals surface area contributed by atoms with Gasteiger partial charge in [0.2, 0.25) is 0 Å². The van der Waals surface area contributed by atoms with Gasteiger partial charge in [-0.3, -0.25) is 14.0 Å². The first-order chi connectivity index (χ1) is 11.7. The smallest absolute Gasteiger partial charge is 0.406 e. The van der Waals surface area contributed by atoms with E-state index in [9.17, 15) is 22.8 Å². The van der Waals surface area contributed by atoms with Gasteiger partial charge in [-0.05, 0) is 36.5 Å². The summed E-state index contributed by atoms with van der Waals surface area (Å²) in [5.41, 5.74) is 0.210. The summed E-state index contributed by atoms with van der Waals surface area (Å²) in [7, 11) is 0. The summed E-state index contributed by atoms with van der Waals surface area (Å²) in [5.74, 6) is -0.671. The van der Waals surface area contributed by atoms with Crippen LogP contribution in [-0.4, -0.2) is 22.7 Å². The lowest BCUT2D eigenvalue weighted by Gasteiger charge is -2.36. The number of hydrogen-bond donors (Lipinski definition) is 2. The normalized spacial score (nSPS) is 20.0. The lowest BCUT2D eigenvalue weighted by atomic mass is 9.76. The van der Waals surface area contributed by atoms with Crippen LogP contribution in [0.2, 0.25) is 5.02 Å². The van der Waals surface area contributed by atoms with E-state index in [1.807, 2.05) is 0 Å². The summed E-state index contributed by atoms with van der Waals surface area (Å²) >= 11 is 6.60. The highest BCUT2D eigenvalue weighted by Crippen LogP contribution is 2.38. The number of halogens is 4. The van der Waals surface area contributed by atoms with Crippen LogP contribution in [0, 0.1) is 0 Å². The van der Waals surface area contributed by atoms with E-state index in [-0.39, 0.29) is 27.6 Å². The number of carbonyl (C=O) groups excluding carboxylic acids is 1. The molecule has 1 fully saturated rings. The van der Waals surface area contributed by atoms with E-state index in [0.29, 0.717) is 12.8 Å². The fourth-order valence-electron chi connectivity index (χ4n) is 2.66. The van der Waals surface area contributed by atoms with Gasteiger partial charge < -0.3 is 10.1 Å². The SMILES string of the molecule is O=C(NC1CC(c2cccc(OC(F)(F)F)c2)C1)c1s[nH]c(=O)c1Cl. The van der Waals surface area contributed by atoms with Crippen LogP contribution in [0.4, 0.5) is 13.2 Å². The first kappa shape index (κ1) is 17.8. The van der Waals surface area contributed by atoms with Gasteiger partial charge in [0.1, 0.15) is 15.6 Å². The number of aromatic nitrogens is 1. The summed E-state index contributed by atoms with van der Waals surface area (Å²) in [6.45, 7) is 0. The van der Waals surface area contributed by atoms with E-state index in [4.69, 9.17) is 11.6 Å².